The van der Waals surface area contributed by atoms with Crippen LogP contribution in [0.25, 0.3) is 22.0 Å². The van der Waals surface area contributed by atoms with Gasteiger partial charge in [-0.25, -0.2) is 4.98 Å². The van der Waals surface area contributed by atoms with E-state index in [0.29, 0.717) is 24.9 Å². The molecule has 1 aromatic heterocycles. The van der Waals surface area contributed by atoms with Crippen molar-refractivity contribution in [3.63, 3.8) is 0 Å². The van der Waals surface area contributed by atoms with Gasteiger partial charge in [0.25, 0.3) is 0 Å². The van der Waals surface area contributed by atoms with Crippen LogP contribution in [0.2, 0.25) is 0 Å². The van der Waals surface area contributed by atoms with Crippen LogP contribution in [0.4, 0.5) is 11.5 Å². The van der Waals surface area contributed by atoms with Crippen molar-refractivity contribution in [2.75, 3.05) is 57.2 Å². The molecule has 2 aliphatic rings. The molecule has 0 bridgehead atoms. The third kappa shape index (κ3) is 4.90. The fourth-order valence-corrected chi connectivity index (χ4v) is 5.79. The maximum Gasteiger partial charge on any atom is 0.210 e. The molecule has 5 rings (SSSR count). The molecule has 0 saturated carbocycles. The Bertz CT molecular complexity index is 1220. The minimum atomic E-state index is 0.0529. The number of piperidine rings is 1. The van der Waals surface area contributed by atoms with Crippen LogP contribution < -0.4 is 10.6 Å². The molecular weight excluding hydrogens is 452 g/mol. The largest absolute Gasteiger partial charge is 0.385 e. The number of carbonyl (C=O) groups is 1. The first kappa shape index (κ1) is 24.5. The van der Waals surface area contributed by atoms with Crippen molar-refractivity contribution in [2.24, 2.45) is 5.92 Å². The topological polar surface area (TPSA) is 80.9 Å². The number of ether oxygens (including phenoxy) is 2. The van der Waals surface area contributed by atoms with Crippen LogP contribution in [0.3, 0.4) is 0 Å². The Hall–Kier alpha value is -3.16. The summed E-state index contributed by atoms with van der Waals surface area (Å²) < 4.78 is 10.9. The molecule has 36 heavy (non-hydrogen) atoms. The molecule has 1 amide bonds. The molecule has 190 valence electrons. The third-order valence-corrected chi connectivity index (χ3v) is 7.75. The fourth-order valence-electron chi connectivity index (χ4n) is 5.79. The minimum absolute atomic E-state index is 0.0529. The SMILES string of the molecule is COCCC1CCN(C=O)C(c2cccc(C)c2-c2ccc3nc(N)c(N4CCOCC4)cc3c2)C1. The highest BCUT2D eigenvalue weighted by Gasteiger charge is 2.30. The number of nitrogens with two attached hydrogens (primary N) is 1. The van der Waals surface area contributed by atoms with Crippen LogP contribution in [-0.4, -0.2) is 62.9 Å². The van der Waals surface area contributed by atoms with Gasteiger partial charge >= 0.3 is 0 Å². The van der Waals surface area contributed by atoms with Crippen LogP contribution in [0.5, 0.6) is 0 Å². The number of amides is 1. The molecule has 3 aromatic rings. The van der Waals surface area contributed by atoms with E-state index in [0.717, 1.165) is 74.1 Å². The summed E-state index contributed by atoms with van der Waals surface area (Å²) in [5.74, 6) is 1.10. The fraction of sp³-hybridized carbons (Fsp3) is 0.448. The van der Waals surface area contributed by atoms with Crippen molar-refractivity contribution in [3.8, 4) is 11.1 Å². The number of morpholine rings is 1. The number of carbonyl (C=O) groups excluding carboxylic acids is 1. The Morgan fingerprint density at radius 3 is 2.78 bits per heavy atom. The third-order valence-electron chi connectivity index (χ3n) is 7.75. The Labute approximate surface area is 213 Å². The zero-order chi connectivity index (χ0) is 25.1. The van der Waals surface area contributed by atoms with Crippen LogP contribution in [0.15, 0.2) is 42.5 Å². The van der Waals surface area contributed by atoms with Gasteiger partial charge in [0.1, 0.15) is 5.82 Å². The smallest absolute Gasteiger partial charge is 0.210 e. The molecule has 7 heteroatoms. The number of nitrogens with zero attached hydrogens (tertiary/aromatic N) is 3. The molecule has 2 fully saturated rings. The Morgan fingerprint density at radius 1 is 1.17 bits per heavy atom. The number of methoxy groups -OCH3 is 1. The predicted molar refractivity (Wildman–Crippen MR) is 144 cm³/mol. The highest BCUT2D eigenvalue weighted by atomic mass is 16.5. The lowest BCUT2D eigenvalue weighted by Crippen LogP contribution is -2.36. The zero-order valence-electron chi connectivity index (χ0n) is 21.3. The second-order valence-electron chi connectivity index (χ2n) is 9.97. The summed E-state index contributed by atoms with van der Waals surface area (Å²) in [5.41, 5.74) is 13.0. The van der Waals surface area contributed by atoms with E-state index in [1.807, 2.05) is 4.90 Å². The monoisotopic (exact) mass is 488 g/mol. The summed E-state index contributed by atoms with van der Waals surface area (Å²) in [5, 5.41) is 1.06. The summed E-state index contributed by atoms with van der Waals surface area (Å²) >= 11 is 0. The van der Waals surface area contributed by atoms with Gasteiger partial charge < -0.3 is 25.0 Å². The Morgan fingerprint density at radius 2 is 2.00 bits per heavy atom. The van der Waals surface area contributed by atoms with Gasteiger partial charge in [0.15, 0.2) is 0 Å². The first-order valence-electron chi connectivity index (χ1n) is 12.9. The summed E-state index contributed by atoms with van der Waals surface area (Å²) in [6, 6.07) is 15.1. The number of nitrogen functional groups attached to an aromatic ring is 1. The number of pyridine rings is 1. The van der Waals surface area contributed by atoms with E-state index >= 15 is 0 Å². The number of rotatable bonds is 7. The van der Waals surface area contributed by atoms with Crippen molar-refractivity contribution in [1.29, 1.82) is 0 Å². The predicted octanol–water partition coefficient (Wildman–Crippen LogP) is 4.58. The van der Waals surface area contributed by atoms with Gasteiger partial charge in [-0.05, 0) is 72.6 Å². The van der Waals surface area contributed by atoms with Crippen molar-refractivity contribution in [3.05, 3.63) is 53.6 Å². The maximum atomic E-state index is 12.1. The van der Waals surface area contributed by atoms with Gasteiger partial charge in [-0.15, -0.1) is 0 Å². The Kier molecular flexibility index (Phi) is 7.39. The molecule has 2 atom stereocenters. The normalized spacial score (nSPS) is 20.6. The van der Waals surface area contributed by atoms with Crippen molar-refractivity contribution < 1.29 is 14.3 Å². The van der Waals surface area contributed by atoms with Gasteiger partial charge in [-0.3, -0.25) is 4.79 Å². The molecule has 2 aliphatic heterocycles. The summed E-state index contributed by atoms with van der Waals surface area (Å²) in [7, 11) is 1.75. The van der Waals surface area contributed by atoms with Gasteiger partial charge in [-0.2, -0.15) is 0 Å². The van der Waals surface area contributed by atoms with E-state index < -0.39 is 0 Å². The zero-order valence-corrected chi connectivity index (χ0v) is 21.3. The quantitative estimate of drug-likeness (QED) is 0.491. The number of benzene rings is 2. The molecule has 2 saturated heterocycles. The van der Waals surface area contributed by atoms with E-state index in [1.54, 1.807) is 7.11 Å². The van der Waals surface area contributed by atoms with Crippen LogP contribution in [0.1, 0.15) is 36.4 Å². The van der Waals surface area contributed by atoms with Crippen LogP contribution >= 0.6 is 0 Å². The molecule has 0 radical (unpaired) electrons. The molecule has 2 unspecified atom stereocenters. The number of aromatic nitrogens is 1. The number of aryl methyl sites for hydroxylation is 1. The van der Waals surface area contributed by atoms with Crippen molar-refractivity contribution in [1.82, 2.24) is 9.88 Å². The van der Waals surface area contributed by atoms with E-state index in [2.05, 4.69) is 54.3 Å². The van der Waals surface area contributed by atoms with Gasteiger partial charge in [0.05, 0.1) is 30.5 Å². The molecule has 0 aliphatic carbocycles. The van der Waals surface area contributed by atoms with Gasteiger partial charge in [-0.1, -0.05) is 24.3 Å². The number of hydrogen-bond acceptors (Lipinski definition) is 6. The summed E-state index contributed by atoms with van der Waals surface area (Å²) in [4.78, 5) is 21.0. The highest BCUT2D eigenvalue weighted by molar-refractivity contribution is 5.91. The molecule has 2 aromatic carbocycles. The maximum absolute atomic E-state index is 12.1. The first-order chi connectivity index (χ1) is 17.6. The molecule has 0 spiro atoms. The minimum Gasteiger partial charge on any atom is -0.385 e. The van der Waals surface area contributed by atoms with E-state index in [4.69, 9.17) is 20.2 Å². The highest BCUT2D eigenvalue weighted by Crippen LogP contribution is 2.41. The number of fused-ring (bicyclic) bond motifs is 1. The van der Waals surface area contributed by atoms with Crippen molar-refractivity contribution >= 4 is 28.8 Å². The molecular formula is C29H36N4O3. The number of likely N-dealkylation sites (tertiary alicyclic amines) is 1. The van der Waals surface area contributed by atoms with E-state index in [-0.39, 0.29) is 6.04 Å². The number of hydrogen-bond donors (Lipinski definition) is 1. The molecule has 7 nitrogen and oxygen atoms in total. The average molecular weight is 489 g/mol. The lowest BCUT2D eigenvalue weighted by molar-refractivity contribution is -0.122. The lowest BCUT2D eigenvalue weighted by atomic mass is 9.82. The van der Waals surface area contributed by atoms with Crippen molar-refractivity contribution in [2.45, 2.75) is 32.2 Å². The summed E-state index contributed by atoms with van der Waals surface area (Å²) in [6.07, 6.45) is 4.01. The van der Waals surface area contributed by atoms with E-state index in [1.165, 1.54) is 16.7 Å². The number of anilines is 2. The van der Waals surface area contributed by atoms with Gasteiger partial charge in [0.2, 0.25) is 6.41 Å². The van der Waals surface area contributed by atoms with Gasteiger partial charge in [0, 0.05) is 38.7 Å². The van der Waals surface area contributed by atoms with Crippen LogP contribution in [-0.2, 0) is 14.3 Å². The van der Waals surface area contributed by atoms with E-state index in [9.17, 15) is 4.79 Å². The average Bonchev–Trinajstić information content (AvgIpc) is 2.91. The first-order valence-corrected chi connectivity index (χ1v) is 12.9. The Balaban J connectivity index is 1.55. The molecule has 2 N–H and O–H groups in total. The standard InChI is InChI=1S/C29H36N4O3/c1-20-4-3-5-24(26-16-21(9-13-35-2)8-10-33(26)19-34)28(20)22-6-7-25-23(17-22)18-27(29(30)31-25)32-11-14-36-15-12-32/h3-7,17-19,21,26H,8-16H2,1-2H3,(H2,30,31). The second kappa shape index (κ2) is 10.8. The van der Waals surface area contributed by atoms with Crippen LogP contribution in [0, 0.1) is 12.8 Å². The molecule has 3 heterocycles. The summed E-state index contributed by atoms with van der Waals surface area (Å²) in [6.45, 7) is 6.71. The second-order valence-corrected chi connectivity index (χ2v) is 9.97. The lowest BCUT2D eigenvalue weighted by Gasteiger charge is -2.38.